The summed E-state index contributed by atoms with van der Waals surface area (Å²) >= 11 is 0. The highest BCUT2D eigenvalue weighted by Crippen LogP contribution is 2.35. The summed E-state index contributed by atoms with van der Waals surface area (Å²) in [7, 11) is 0. The van der Waals surface area contributed by atoms with Crippen LogP contribution in [0.25, 0.3) is 0 Å². The van der Waals surface area contributed by atoms with Gasteiger partial charge in [0.25, 0.3) is 5.91 Å². The summed E-state index contributed by atoms with van der Waals surface area (Å²) in [4.78, 5) is 24.3. The lowest BCUT2D eigenvalue weighted by molar-refractivity contribution is -0.136. The Bertz CT molecular complexity index is 745. The summed E-state index contributed by atoms with van der Waals surface area (Å²) in [5, 5.41) is 11.1. The first kappa shape index (κ1) is 19.7. The van der Waals surface area contributed by atoms with Gasteiger partial charge in [0.15, 0.2) is 5.60 Å². The van der Waals surface area contributed by atoms with Gasteiger partial charge in [-0.15, -0.1) is 0 Å². The van der Waals surface area contributed by atoms with Gasteiger partial charge in [-0.2, -0.15) is 0 Å². The molecular formula is C21H25NO4. The summed E-state index contributed by atoms with van der Waals surface area (Å²) in [5.74, 6) is -1.19. The maximum Gasteiger partial charge on any atom is 0.311 e. The molecular weight excluding hydrogens is 330 g/mol. The van der Waals surface area contributed by atoms with Gasteiger partial charge in [0.2, 0.25) is 0 Å². The van der Waals surface area contributed by atoms with Crippen LogP contribution in [0.4, 0.5) is 0 Å². The number of ether oxygens (including phenoxy) is 1. The van der Waals surface area contributed by atoms with Crippen LogP contribution in [-0.2, 0) is 15.2 Å². The molecule has 1 unspecified atom stereocenters. The first-order valence-electron chi connectivity index (χ1n) is 8.88. The van der Waals surface area contributed by atoms with Gasteiger partial charge in [0.1, 0.15) is 5.75 Å². The van der Waals surface area contributed by atoms with E-state index in [1.165, 1.54) is 6.07 Å². The lowest BCUT2D eigenvalue weighted by atomic mass is 9.85. The fourth-order valence-electron chi connectivity index (χ4n) is 2.83. The average Bonchev–Trinajstić information content (AvgIpc) is 2.65. The molecule has 5 heteroatoms. The molecule has 1 amide bonds. The summed E-state index contributed by atoms with van der Waals surface area (Å²) in [6, 6.07) is 14.8. The van der Waals surface area contributed by atoms with Gasteiger partial charge in [-0.3, -0.25) is 9.59 Å². The molecule has 0 bridgehead atoms. The molecule has 2 aromatic rings. The summed E-state index contributed by atoms with van der Waals surface area (Å²) in [6.07, 6.45) is 4.14. The van der Waals surface area contributed by atoms with Gasteiger partial charge >= 0.3 is 5.97 Å². The van der Waals surface area contributed by atoms with Crippen molar-refractivity contribution in [2.75, 3.05) is 0 Å². The number of hydrogen-bond donors (Lipinski definition) is 2. The molecule has 5 nitrogen and oxygen atoms in total. The second kappa shape index (κ2) is 9.15. The van der Waals surface area contributed by atoms with Crippen molar-refractivity contribution in [2.45, 2.75) is 44.6 Å². The van der Waals surface area contributed by atoms with Gasteiger partial charge < -0.3 is 15.6 Å². The number of hydrogen-bond acceptors (Lipinski definition) is 4. The molecule has 138 valence electrons. The maximum absolute atomic E-state index is 12.1. The van der Waals surface area contributed by atoms with E-state index in [4.69, 9.17) is 10.5 Å². The summed E-state index contributed by atoms with van der Waals surface area (Å²) < 4.78 is 5.44. The molecule has 0 radical (unpaired) electrons. The number of para-hydroxylation sites is 1. The molecule has 26 heavy (non-hydrogen) atoms. The minimum Gasteiger partial charge on any atom is -0.426 e. The van der Waals surface area contributed by atoms with E-state index in [-0.39, 0.29) is 17.7 Å². The van der Waals surface area contributed by atoms with Crippen LogP contribution in [0.15, 0.2) is 54.6 Å². The van der Waals surface area contributed by atoms with E-state index >= 15 is 0 Å². The Kier molecular flexibility index (Phi) is 6.92. The molecule has 0 aliphatic rings. The van der Waals surface area contributed by atoms with Crippen molar-refractivity contribution >= 4 is 11.9 Å². The normalized spacial score (nSPS) is 13.0. The van der Waals surface area contributed by atoms with E-state index in [2.05, 4.69) is 6.92 Å². The van der Waals surface area contributed by atoms with Crippen LogP contribution in [0.3, 0.4) is 0 Å². The highest BCUT2D eigenvalue weighted by atomic mass is 16.5. The Hall–Kier alpha value is -2.66. The zero-order chi connectivity index (χ0) is 19.0. The summed E-state index contributed by atoms with van der Waals surface area (Å²) in [6.45, 7) is 2.10. The van der Waals surface area contributed by atoms with E-state index in [0.717, 1.165) is 25.7 Å². The fourth-order valence-corrected chi connectivity index (χ4v) is 2.83. The number of carbonyl (C=O) groups is 2. The van der Waals surface area contributed by atoms with Crippen molar-refractivity contribution in [3.05, 3.63) is 65.7 Å². The van der Waals surface area contributed by atoms with Crippen LogP contribution in [0.1, 0.15) is 50.2 Å². The Labute approximate surface area is 153 Å². The smallest absolute Gasteiger partial charge is 0.311 e. The molecule has 0 heterocycles. The van der Waals surface area contributed by atoms with Gasteiger partial charge in [-0.05, 0) is 18.1 Å². The number of carbonyl (C=O) groups excluding carboxylic acids is 2. The second-order valence-corrected chi connectivity index (χ2v) is 6.22. The zero-order valence-electron chi connectivity index (χ0n) is 15.0. The van der Waals surface area contributed by atoms with Crippen molar-refractivity contribution in [3.8, 4) is 5.75 Å². The number of aliphatic hydroxyl groups is 1. The monoisotopic (exact) mass is 355 g/mol. The Morgan fingerprint density at radius 2 is 1.65 bits per heavy atom. The average molecular weight is 355 g/mol. The quantitative estimate of drug-likeness (QED) is 0.410. The minimum atomic E-state index is -2.08. The van der Waals surface area contributed by atoms with E-state index in [0.29, 0.717) is 5.56 Å². The zero-order valence-corrected chi connectivity index (χ0v) is 15.0. The first-order valence-corrected chi connectivity index (χ1v) is 8.88. The fraction of sp³-hybridized carbons (Fsp3) is 0.333. The third-order valence-corrected chi connectivity index (χ3v) is 4.28. The van der Waals surface area contributed by atoms with Crippen molar-refractivity contribution in [1.29, 1.82) is 0 Å². The number of amides is 1. The lowest BCUT2D eigenvalue weighted by Gasteiger charge is -2.27. The number of primary amides is 1. The second-order valence-electron chi connectivity index (χ2n) is 6.22. The largest absolute Gasteiger partial charge is 0.426 e. The molecule has 0 fully saturated rings. The van der Waals surface area contributed by atoms with Crippen molar-refractivity contribution < 1.29 is 19.4 Å². The number of esters is 1. The van der Waals surface area contributed by atoms with E-state index < -0.39 is 17.5 Å². The Morgan fingerprint density at radius 1 is 1.00 bits per heavy atom. The predicted molar refractivity (Wildman–Crippen MR) is 99.5 cm³/mol. The van der Waals surface area contributed by atoms with Gasteiger partial charge in [0, 0.05) is 12.0 Å². The lowest BCUT2D eigenvalue weighted by Crippen LogP contribution is -2.42. The van der Waals surface area contributed by atoms with Crippen molar-refractivity contribution in [2.24, 2.45) is 5.73 Å². The van der Waals surface area contributed by atoms with E-state index in [9.17, 15) is 14.7 Å². The van der Waals surface area contributed by atoms with Crippen LogP contribution < -0.4 is 10.5 Å². The minimum absolute atomic E-state index is 0.137. The third kappa shape index (κ3) is 4.49. The maximum atomic E-state index is 12.1. The van der Waals surface area contributed by atoms with Gasteiger partial charge in [-0.1, -0.05) is 74.7 Å². The predicted octanol–water partition coefficient (Wildman–Crippen LogP) is 3.28. The third-order valence-electron chi connectivity index (χ3n) is 4.28. The van der Waals surface area contributed by atoms with Crippen molar-refractivity contribution in [1.82, 2.24) is 0 Å². The molecule has 2 aromatic carbocycles. The topological polar surface area (TPSA) is 89.6 Å². The molecule has 0 aromatic heterocycles. The number of rotatable bonds is 9. The molecule has 0 saturated carbocycles. The number of nitrogens with two attached hydrogens (primary N) is 1. The summed E-state index contributed by atoms with van der Waals surface area (Å²) in [5.41, 5.74) is 3.91. The molecule has 1 atom stereocenters. The standard InChI is InChI=1S/C21H25NO4/c1-2-3-4-8-15-19(23)26-18-14-10-9-13-17(18)21(25,20(22)24)16-11-6-5-7-12-16/h5-7,9-14,25H,2-4,8,15H2,1H3,(H2,22,24). The Morgan fingerprint density at radius 3 is 2.31 bits per heavy atom. The van der Waals surface area contributed by atoms with Crippen molar-refractivity contribution in [3.63, 3.8) is 0 Å². The Balaban J connectivity index is 2.29. The molecule has 0 aliphatic heterocycles. The molecule has 3 N–H and O–H groups in total. The van der Waals surface area contributed by atoms with Crippen LogP contribution in [0.5, 0.6) is 5.75 Å². The van der Waals surface area contributed by atoms with E-state index in [1.807, 2.05) is 0 Å². The highest BCUT2D eigenvalue weighted by Gasteiger charge is 2.40. The van der Waals surface area contributed by atoms with Crippen LogP contribution in [0.2, 0.25) is 0 Å². The van der Waals surface area contributed by atoms with Gasteiger partial charge in [-0.25, -0.2) is 0 Å². The van der Waals surface area contributed by atoms with Crippen LogP contribution >= 0.6 is 0 Å². The van der Waals surface area contributed by atoms with Crippen LogP contribution in [-0.4, -0.2) is 17.0 Å². The van der Waals surface area contributed by atoms with E-state index in [1.54, 1.807) is 48.5 Å². The molecule has 0 aliphatic carbocycles. The van der Waals surface area contributed by atoms with Gasteiger partial charge in [0.05, 0.1) is 0 Å². The SMILES string of the molecule is CCCCCCC(=O)Oc1ccccc1C(O)(C(N)=O)c1ccccc1. The number of benzene rings is 2. The molecule has 0 spiro atoms. The number of unbranched alkanes of at least 4 members (excludes halogenated alkanes) is 3. The van der Waals surface area contributed by atoms with Crippen LogP contribution in [0, 0.1) is 0 Å². The molecule has 0 saturated heterocycles. The first-order chi connectivity index (χ1) is 12.5. The molecule has 2 rings (SSSR count). The highest BCUT2D eigenvalue weighted by molar-refractivity contribution is 5.90.